The number of aromatic nitrogens is 5. The minimum absolute atomic E-state index is 0.0859. The number of carboxylic acid groups (broad SMARTS) is 1. The van der Waals surface area contributed by atoms with Gasteiger partial charge >= 0.3 is 5.97 Å². The Kier molecular flexibility index (Phi) is 8.80. The van der Waals surface area contributed by atoms with Crippen LogP contribution in [-0.2, 0) is 16.0 Å². The number of carbonyl (C=O) groups is 2. The van der Waals surface area contributed by atoms with Crippen LogP contribution in [0.1, 0.15) is 43.7 Å². The SMILES string of the molecule is O=C(O)C[C@H]1CC[C@H](NC(=O)[C@H](Cc2ccccc2)n2cnc(-c3cc(Cl)ccc3-n3cc(Cl)nn3)cc2=O)CC1. The van der Waals surface area contributed by atoms with Crippen LogP contribution in [0.15, 0.2) is 71.9 Å². The Morgan fingerprint density at radius 3 is 2.46 bits per heavy atom. The summed E-state index contributed by atoms with van der Waals surface area (Å²) < 4.78 is 2.82. The first kappa shape index (κ1) is 28.5. The van der Waals surface area contributed by atoms with Crippen LogP contribution in [0.4, 0.5) is 0 Å². The summed E-state index contributed by atoms with van der Waals surface area (Å²) in [5.74, 6) is -0.969. The molecule has 2 aromatic heterocycles. The van der Waals surface area contributed by atoms with E-state index in [2.05, 4.69) is 20.6 Å². The number of hydrogen-bond acceptors (Lipinski definition) is 6. The molecule has 212 valence electrons. The number of carboxylic acids is 1. The molecule has 2 aromatic carbocycles. The summed E-state index contributed by atoms with van der Waals surface area (Å²) >= 11 is 12.2. The van der Waals surface area contributed by atoms with Crippen LogP contribution in [0, 0.1) is 5.92 Å². The van der Waals surface area contributed by atoms with Gasteiger partial charge in [0, 0.05) is 35.5 Å². The van der Waals surface area contributed by atoms with Crippen molar-refractivity contribution in [1.82, 2.24) is 29.9 Å². The maximum atomic E-state index is 13.6. The second-order valence-electron chi connectivity index (χ2n) is 10.2. The largest absolute Gasteiger partial charge is 0.481 e. The average molecular weight is 595 g/mol. The summed E-state index contributed by atoms with van der Waals surface area (Å²) in [5.41, 5.74) is 1.97. The molecule has 1 fully saturated rings. The van der Waals surface area contributed by atoms with E-state index in [4.69, 9.17) is 28.3 Å². The number of hydrogen-bond donors (Lipinski definition) is 2. The van der Waals surface area contributed by atoms with E-state index in [-0.39, 0.29) is 29.4 Å². The van der Waals surface area contributed by atoms with E-state index in [0.717, 1.165) is 18.4 Å². The van der Waals surface area contributed by atoms with Gasteiger partial charge in [0.2, 0.25) is 5.91 Å². The zero-order chi connectivity index (χ0) is 28.9. The van der Waals surface area contributed by atoms with Gasteiger partial charge in [-0.25, -0.2) is 9.67 Å². The Labute approximate surface area is 245 Å². The number of amides is 1. The first-order valence-electron chi connectivity index (χ1n) is 13.3. The first-order valence-corrected chi connectivity index (χ1v) is 14.0. The molecular weight excluding hydrogens is 567 g/mol. The molecule has 0 spiro atoms. The third-order valence-electron chi connectivity index (χ3n) is 7.35. The molecule has 12 heteroatoms. The Morgan fingerprint density at radius 1 is 1.05 bits per heavy atom. The highest BCUT2D eigenvalue weighted by atomic mass is 35.5. The first-order chi connectivity index (χ1) is 19.8. The van der Waals surface area contributed by atoms with Crippen LogP contribution in [0.5, 0.6) is 0 Å². The second-order valence-corrected chi connectivity index (χ2v) is 11.0. The lowest BCUT2D eigenvalue weighted by Gasteiger charge is -2.30. The third-order valence-corrected chi connectivity index (χ3v) is 7.76. The van der Waals surface area contributed by atoms with Crippen LogP contribution < -0.4 is 10.9 Å². The Bertz CT molecular complexity index is 1600. The van der Waals surface area contributed by atoms with Gasteiger partial charge in [0.1, 0.15) is 6.04 Å². The van der Waals surface area contributed by atoms with E-state index in [1.165, 1.54) is 27.8 Å². The highest BCUT2D eigenvalue weighted by Gasteiger charge is 2.28. The van der Waals surface area contributed by atoms with Crippen molar-refractivity contribution in [2.24, 2.45) is 5.92 Å². The molecular formula is C29H28Cl2N6O4. The topological polar surface area (TPSA) is 132 Å². The minimum Gasteiger partial charge on any atom is -0.481 e. The molecule has 0 unspecified atom stereocenters. The molecule has 2 N–H and O–H groups in total. The number of benzene rings is 2. The van der Waals surface area contributed by atoms with Crippen molar-refractivity contribution < 1.29 is 14.7 Å². The quantitative estimate of drug-likeness (QED) is 0.286. The predicted octanol–water partition coefficient (Wildman–Crippen LogP) is 4.73. The lowest BCUT2D eigenvalue weighted by atomic mass is 9.84. The highest BCUT2D eigenvalue weighted by Crippen LogP contribution is 2.29. The normalized spacial score (nSPS) is 17.6. The molecule has 10 nitrogen and oxygen atoms in total. The number of nitrogens with one attached hydrogen (secondary N) is 1. The lowest BCUT2D eigenvalue weighted by Crippen LogP contribution is -2.44. The molecule has 0 bridgehead atoms. The van der Waals surface area contributed by atoms with Crippen molar-refractivity contribution in [3.8, 4) is 16.9 Å². The van der Waals surface area contributed by atoms with E-state index < -0.39 is 17.6 Å². The molecule has 1 aliphatic rings. The molecule has 0 aliphatic heterocycles. The van der Waals surface area contributed by atoms with E-state index >= 15 is 0 Å². The monoisotopic (exact) mass is 594 g/mol. The van der Waals surface area contributed by atoms with Gasteiger partial charge < -0.3 is 10.4 Å². The molecule has 1 amide bonds. The fourth-order valence-electron chi connectivity index (χ4n) is 5.28. The molecule has 1 atom stereocenters. The fourth-order valence-corrected chi connectivity index (χ4v) is 5.57. The van der Waals surface area contributed by atoms with Gasteiger partial charge in [-0.2, -0.15) is 0 Å². The van der Waals surface area contributed by atoms with Crippen LogP contribution >= 0.6 is 23.2 Å². The van der Waals surface area contributed by atoms with Gasteiger partial charge in [-0.1, -0.05) is 58.7 Å². The van der Waals surface area contributed by atoms with E-state index in [1.54, 1.807) is 18.2 Å². The maximum Gasteiger partial charge on any atom is 0.303 e. The average Bonchev–Trinajstić information content (AvgIpc) is 3.39. The van der Waals surface area contributed by atoms with Gasteiger partial charge in [-0.05, 0) is 55.4 Å². The zero-order valence-corrected chi connectivity index (χ0v) is 23.5. The number of halogens is 2. The molecule has 1 aliphatic carbocycles. The highest BCUT2D eigenvalue weighted by molar-refractivity contribution is 6.31. The van der Waals surface area contributed by atoms with Gasteiger partial charge in [0.05, 0.1) is 23.9 Å². The smallest absolute Gasteiger partial charge is 0.303 e. The Hall–Kier alpha value is -4.02. The summed E-state index contributed by atoms with van der Waals surface area (Å²) in [4.78, 5) is 42.8. The van der Waals surface area contributed by atoms with E-state index in [1.807, 2.05) is 30.3 Å². The fraction of sp³-hybridized carbons (Fsp3) is 0.310. The molecule has 4 aromatic rings. The Balaban J connectivity index is 1.42. The molecule has 2 heterocycles. The minimum atomic E-state index is -0.837. The van der Waals surface area contributed by atoms with Crippen LogP contribution in [0.25, 0.3) is 16.9 Å². The number of carbonyl (C=O) groups excluding carboxylic acids is 1. The summed E-state index contributed by atoms with van der Waals surface area (Å²) in [6.45, 7) is 0. The van der Waals surface area contributed by atoms with Crippen molar-refractivity contribution in [3.05, 3.63) is 93.2 Å². The number of rotatable bonds is 9. The molecule has 41 heavy (non-hydrogen) atoms. The maximum absolute atomic E-state index is 13.6. The molecule has 1 saturated carbocycles. The van der Waals surface area contributed by atoms with Gasteiger partial charge in [0.25, 0.3) is 5.56 Å². The summed E-state index contributed by atoms with van der Waals surface area (Å²) in [6.07, 6.45) is 6.20. The summed E-state index contributed by atoms with van der Waals surface area (Å²) in [5, 5.41) is 20.7. The predicted molar refractivity (Wildman–Crippen MR) is 154 cm³/mol. The summed E-state index contributed by atoms with van der Waals surface area (Å²) in [6, 6.07) is 15.0. The van der Waals surface area contributed by atoms with Crippen molar-refractivity contribution in [1.29, 1.82) is 0 Å². The van der Waals surface area contributed by atoms with E-state index in [9.17, 15) is 14.4 Å². The molecule has 0 radical (unpaired) electrons. The van der Waals surface area contributed by atoms with Gasteiger partial charge in [0.15, 0.2) is 5.15 Å². The van der Waals surface area contributed by atoms with Crippen LogP contribution in [0.3, 0.4) is 0 Å². The van der Waals surface area contributed by atoms with Crippen molar-refractivity contribution in [2.75, 3.05) is 0 Å². The second kappa shape index (κ2) is 12.7. The third kappa shape index (κ3) is 7.01. The van der Waals surface area contributed by atoms with Gasteiger partial charge in [-0.15, -0.1) is 5.10 Å². The van der Waals surface area contributed by atoms with Gasteiger partial charge in [-0.3, -0.25) is 19.0 Å². The lowest BCUT2D eigenvalue weighted by molar-refractivity contribution is -0.138. The van der Waals surface area contributed by atoms with Crippen LogP contribution in [0.2, 0.25) is 10.2 Å². The number of aliphatic carboxylic acids is 1. The molecule has 0 saturated heterocycles. The Morgan fingerprint density at radius 2 is 1.80 bits per heavy atom. The molecule has 5 rings (SSSR count). The summed E-state index contributed by atoms with van der Waals surface area (Å²) in [7, 11) is 0. The van der Waals surface area contributed by atoms with Crippen molar-refractivity contribution in [3.63, 3.8) is 0 Å². The van der Waals surface area contributed by atoms with Crippen molar-refractivity contribution in [2.45, 2.75) is 50.6 Å². The standard InChI is InChI=1S/C29H28Cl2N6O4/c30-20-8-11-24(37-16-26(31)34-35-37)22(14-20)23-15-27(38)36(17-32-23)25(12-18-4-2-1-3-5-18)29(41)33-21-9-6-19(7-10-21)13-28(39)40/h1-5,8,11,14-17,19,21,25H,6-7,9-10,12-13H2,(H,33,41)(H,39,40)/t19-,21-,25-/m0/s1. The van der Waals surface area contributed by atoms with Crippen molar-refractivity contribution >= 4 is 35.1 Å². The van der Waals surface area contributed by atoms with Crippen LogP contribution in [-0.4, -0.2) is 47.6 Å². The number of nitrogens with zero attached hydrogens (tertiary/aromatic N) is 5. The van der Waals surface area contributed by atoms with E-state index in [0.29, 0.717) is 41.2 Å². The zero-order valence-electron chi connectivity index (χ0n) is 22.0.